The number of nitriles is 1. The van der Waals surface area contributed by atoms with Crippen LogP contribution < -0.4 is 20.3 Å². The van der Waals surface area contributed by atoms with Gasteiger partial charge in [0.1, 0.15) is 34.0 Å². The van der Waals surface area contributed by atoms with Gasteiger partial charge < -0.3 is 72.9 Å². The molecule has 5 aromatic rings. The number of piperazine rings is 1. The summed E-state index contributed by atoms with van der Waals surface area (Å²) in [4.78, 5) is 53.2. The average Bonchev–Trinajstić information content (AvgIpc) is 1.70. The Balaban J connectivity index is 0.554. The summed E-state index contributed by atoms with van der Waals surface area (Å²) < 4.78 is 80.7. The lowest BCUT2D eigenvalue weighted by atomic mass is 10.0. The number of hydrogen-bond acceptors (Lipinski definition) is 22. The predicted octanol–water partition coefficient (Wildman–Crippen LogP) is 8.13. The fourth-order valence-corrected chi connectivity index (χ4v) is 13.8. The van der Waals surface area contributed by atoms with E-state index in [9.17, 15) is 23.6 Å². The van der Waals surface area contributed by atoms with Gasteiger partial charge in [-0.2, -0.15) is 25.3 Å². The Morgan fingerprint density at radius 1 is 0.768 bits per heavy atom. The highest BCUT2D eigenvalue weighted by Crippen LogP contribution is 2.51. The molecule has 24 nitrogen and oxygen atoms in total. The number of ether oxygens (including phenoxy) is 9. The molecule has 4 aliphatic heterocycles. The zero-order chi connectivity index (χ0) is 69.6. The van der Waals surface area contributed by atoms with Crippen molar-refractivity contribution in [3.63, 3.8) is 0 Å². The molecule has 2 N–H and O–H groups in total. The van der Waals surface area contributed by atoms with Crippen molar-refractivity contribution in [1.82, 2.24) is 34.7 Å². The largest absolute Gasteiger partial charge is 0.462 e. The highest BCUT2D eigenvalue weighted by molar-refractivity contribution is 8.15. The maximum atomic E-state index is 15.0. The van der Waals surface area contributed by atoms with E-state index in [-0.39, 0.29) is 42.2 Å². The van der Waals surface area contributed by atoms with E-state index in [2.05, 4.69) is 62.1 Å². The number of hydrazone groups is 1. The Morgan fingerprint density at radius 2 is 1.41 bits per heavy atom. The molecule has 1 aromatic heterocycles. The number of rotatable bonds is 42. The minimum atomic E-state index is -1.09. The summed E-state index contributed by atoms with van der Waals surface area (Å²) in [5, 5.41) is 19.8. The van der Waals surface area contributed by atoms with E-state index in [1.54, 1.807) is 6.08 Å². The molecule has 0 bridgehead atoms. The van der Waals surface area contributed by atoms with Crippen LogP contribution in [0.1, 0.15) is 54.5 Å². The van der Waals surface area contributed by atoms with Crippen LogP contribution in [0.2, 0.25) is 5.02 Å². The number of benzene rings is 4. The second-order valence-corrected chi connectivity index (χ2v) is 26.0. The first-order valence-electron chi connectivity index (χ1n) is 34.1. The Bertz CT molecular complexity index is 3440. The molecule has 538 valence electrons. The molecular formula is C71H95ClF2N12O12S. The van der Waals surface area contributed by atoms with Gasteiger partial charge >= 0.3 is 12.0 Å². The lowest BCUT2D eigenvalue weighted by Crippen LogP contribution is -2.55. The zero-order valence-corrected chi connectivity index (χ0v) is 58.7. The van der Waals surface area contributed by atoms with Gasteiger partial charge in [0.25, 0.3) is 0 Å². The highest BCUT2D eigenvalue weighted by Gasteiger charge is 2.50. The smallest absolute Gasteiger partial charge is 0.365 e. The molecule has 5 heterocycles. The number of halogens is 3. The summed E-state index contributed by atoms with van der Waals surface area (Å²) in [6.07, 6.45) is 7.51. The van der Waals surface area contributed by atoms with Crippen molar-refractivity contribution < 1.29 is 65.8 Å². The molecule has 9 rings (SSSR count). The quantitative estimate of drug-likeness (QED) is 0.0220. The molecule has 2 fully saturated rings. The van der Waals surface area contributed by atoms with E-state index < -0.39 is 22.5 Å². The number of carbonyl (C=O) groups excluding carboxylic acids is 2. The van der Waals surface area contributed by atoms with Crippen molar-refractivity contribution in [2.45, 2.75) is 62.0 Å². The number of thioether (sulfide) groups is 1. The Hall–Kier alpha value is -6.72. The Kier molecular flexibility index (Phi) is 31.4. The maximum absolute atomic E-state index is 15.0. The number of aromatic nitrogens is 2. The van der Waals surface area contributed by atoms with Crippen LogP contribution in [0.3, 0.4) is 0 Å². The third-order valence-corrected chi connectivity index (χ3v) is 19.2. The summed E-state index contributed by atoms with van der Waals surface area (Å²) in [6, 6.07) is 26.7. The topological polar surface area (TPSA) is 237 Å². The van der Waals surface area contributed by atoms with Crippen LogP contribution in [0, 0.1) is 23.0 Å². The molecule has 1 unspecified atom stereocenters. The molecule has 0 spiro atoms. The second kappa shape index (κ2) is 40.7. The number of anilines is 2. The monoisotopic (exact) mass is 1410 g/mol. The van der Waals surface area contributed by atoms with E-state index in [0.29, 0.717) is 188 Å². The van der Waals surface area contributed by atoms with Crippen molar-refractivity contribution in [3.05, 3.63) is 136 Å². The van der Waals surface area contributed by atoms with Gasteiger partial charge in [0.05, 0.1) is 148 Å². The van der Waals surface area contributed by atoms with Crippen molar-refractivity contribution in [2.75, 3.05) is 202 Å². The first-order chi connectivity index (χ1) is 48.4. The van der Waals surface area contributed by atoms with Crippen LogP contribution in [0.4, 0.5) is 25.1 Å². The molecule has 4 aliphatic rings. The lowest BCUT2D eigenvalue weighted by Gasteiger charge is -2.42. The Labute approximate surface area is 589 Å². The molecule has 3 amide bonds. The standard InChI is InChI=1S/C71H95ClF2N12O12S/c1-80(27-10-19-65(87)85-31-30-84(51-57(85)22-26-76)67-59-23-29-83(64-18-8-13-54-12-7-17-61(72)66(54)64)52-63(59)77-69(78-67)97-53-58-16-9-28-81(58)2)32-33-89-34-35-90-36-37-91-38-39-92-40-41-93-42-43-94-44-45-95-46-47-96-48-49-98-82(3)70(88)86-71(24-11-25-75,55-14-5-4-6-15-55)99-68(79-86)60-50-56(73)20-21-62(60)74/h4-8,10,12-15,17-21,50,57-58H,9,11,16,22-25,27-49,51-53,75H2,1-3H3/b19-10+/t57-,58-,71?/m0/s1. The van der Waals surface area contributed by atoms with Gasteiger partial charge in [-0.1, -0.05) is 84.0 Å². The number of likely N-dealkylation sites (tertiary alicyclic amines) is 1. The van der Waals surface area contributed by atoms with Crippen LogP contribution in [-0.4, -0.2) is 256 Å². The van der Waals surface area contributed by atoms with Crippen molar-refractivity contribution in [1.29, 1.82) is 5.26 Å². The van der Waals surface area contributed by atoms with Gasteiger partial charge in [-0.05, 0) is 101 Å². The second-order valence-electron chi connectivity index (χ2n) is 24.3. The summed E-state index contributed by atoms with van der Waals surface area (Å²) >= 11 is 7.97. The van der Waals surface area contributed by atoms with Crippen molar-refractivity contribution in [3.8, 4) is 12.1 Å². The first-order valence-corrected chi connectivity index (χ1v) is 35.3. The van der Waals surface area contributed by atoms with Gasteiger partial charge in [0.2, 0.25) is 5.91 Å². The minimum absolute atomic E-state index is 0.0469. The third kappa shape index (κ3) is 22.4. The van der Waals surface area contributed by atoms with Gasteiger partial charge in [0.15, 0.2) is 0 Å². The summed E-state index contributed by atoms with van der Waals surface area (Å²) in [6.45, 7) is 12.3. The molecule has 28 heteroatoms. The van der Waals surface area contributed by atoms with Crippen LogP contribution in [0.15, 0.2) is 102 Å². The number of carbonyl (C=O) groups is 2. The fraction of sp³-hybridized carbons (Fsp3) is 0.549. The molecule has 3 atom stereocenters. The van der Waals surface area contributed by atoms with E-state index in [1.807, 2.05) is 60.5 Å². The number of nitrogens with zero attached hydrogens (tertiary/aromatic N) is 11. The van der Waals surface area contributed by atoms with Crippen molar-refractivity contribution >= 4 is 62.6 Å². The first kappa shape index (κ1) is 76.5. The third-order valence-electron chi connectivity index (χ3n) is 17.4. The highest BCUT2D eigenvalue weighted by atomic mass is 35.5. The van der Waals surface area contributed by atoms with Crippen LogP contribution in [0.25, 0.3) is 10.8 Å². The normalized spacial score (nSPS) is 18.1. The SMILES string of the molecule is CN(C/C=C/C(=O)N1CCN(c2nc(OC[C@@H]3CCCN3C)nc3c2CCN(c2cccc4cccc(Cl)c24)C3)C[C@@H]1CC#N)CCOCCOCCOCCOCCOCCOCCOCCOCCON(C)C(=O)N1N=C(c2cc(F)ccc2F)SC1(CCCN)c1ccccc1. The predicted molar refractivity (Wildman–Crippen MR) is 376 cm³/mol. The number of hydroxylamine groups is 2. The average molecular weight is 1410 g/mol. The number of nitrogens with two attached hydrogens (primary N) is 1. The summed E-state index contributed by atoms with van der Waals surface area (Å²) in [5.74, 6) is -0.586. The van der Waals surface area contributed by atoms with E-state index in [1.165, 1.54) is 23.8 Å². The molecule has 0 aliphatic carbocycles. The molecular weight excluding hydrogens is 1320 g/mol. The summed E-state index contributed by atoms with van der Waals surface area (Å²) in [5.41, 5.74) is 9.66. The van der Waals surface area contributed by atoms with Crippen LogP contribution >= 0.6 is 23.4 Å². The molecule has 0 radical (unpaired) electrons. The van der Waals surface area contributed by atoms with Crippen LogP contribution in [0.5, 0.6) is 6.01 Å². The van der Waals surface area contributed by atoms with Gasteiger partial charge in [-0.25, -0.2) is 18.6 Å². The van der Waals surface area contributed by atoms with Gasteiger partial charge in [-0.15, -0.1) is 0 Å². The Morgan fingerprint density at radius 3 is 2.05 bits per heavy atom. The van der Waals surface area contributed by atoms with Crippen molar-refractivity contribution in [2.24, 2.45) is 10.8 Å². The number of urea groups is 1. The lowest BCUT2D eigenvalue weighted by molar-refractivity contribution is -0.128. The minimum Gasteiger partial charge on any atom is -0.462 e. The van der Waals surface area contributed by atoms with E-state index in [4.69, 9.17) is 74.8 Å². The fourth-order valence-electron chi connectivity index (χ4n) is 12.1. The zero-order valence-electron chi connectivity index (χ0n) is 57.2. The van der Waals surface area contributed by atoms with Gasteiger partial charge in [-0.3, -0.25) is 9.63 Å². The summed E-state index contributed by atoms with van der Waals surface area (Å²) in [7, 11) is 5.57. The number of hydrogen-bond donors (Lipinski definition) is 1. The number of amides is 3. The molecule has 99 heavy (non-hydrogen) atoms. The molecule has 2 saturated heterocycles. The maximum Gasteiger partial charge on any atom is 0.365 e. The number of likely N-dealkylation sites (N-methyl/N-ethyl adjacent to an activating group) is 2. The van der Waals surface area contributed by atoms with E-state index >= 15 is 0 Å². The molecule has 0 saturated carbocycles. The van der Waals surface area contributed by atoms with Crippen LogP contribution in [-0.2, 0) is 65.4 Å². The van der Waals surface area contributed by atoms with Gasteiger partial charge in [0, 0.05) is 80.6 Å². The number of fused-ring (bicyclic) bond motifs is 2. The van der Waals surface area contributed by atoms with E-state index in [0.717, 1.165) is 88.3 Å². The molecule has 4 aromatic carbocycles.